The van der Waals surface area contributed by atoms with Crippen molar-refractivity contribution in [2.45, 2.75) is 31.5 Å². The summed E-state index contributed by atoms with van der Waals surface area (Å²) in [5, 5.41) is 14.6. The van der Waals surface area contributed by atoms with E-state index in [4.69, 9.17) is 4.74 Å². The predicted octanol–water partition coefficient (Wildman–Crippen LogP) is 2.02. The molecule has 2 aromatic rings. The van der Waals surface area contributed by atoms with Crippen molar-refractivity contribution in [3.8, 4) is 0 Å². The number of rotatable bonds is 7. The molecule has 3 rings (SSSR count). The van der Waals surface area contributed by atoms with Crippen molar-refractivity contribution in [1.82, 2.24) is 25.4 Å². The number of carbonyl (C=O) groups is 2. The Balaban J connectivity index is 1.75. The first-order valence-corrected chi connectivity index (χ1v) is 10.0. The van der Waals surface area contributed by atoms with Gasteiger partial charge in [-0.25, -0.2) is 9.59 Å². The predicted molar refractivity (Wildman–Crippen MR) is 106 cm³/mol. The Hall–Kier alpha value is -2.81. The normalized spacial score (nSPS) is 16.5. The summed E-state index contributed by atoms with van der Waals surface area (Å²) in [6, 6.07) is 9.30. The van der Waals surface area contributed by atoms with Gasteiger partial charge in [0.25, 0.3) is 0 Å². The highest BCUT2D eigenvalue weighted by atomic mass is 32.2. The molecular weight excluding hydrogens is 378 g/mol. The monoisotopic (exact) mass is 401 g/mol. The fourth-order valence-electron chi connectivity index (χ4n) is 2.93. The maximum Gasteiger partial charge on any atom is 0.337 e. The molecule has 0 saturated carbocycles. The van der Waals surface area contributed by atoms with E-state index < -0.39 is 12.0 Å². The van der Waals surface area contributed by atoms with Crippen LogP contribution in [-0.2, 0) is 23.0 Å². The highest BCUT2D eigenvalue weighted by molar-refractivity contribution is 7.99. The van der Waals surface area contributed by atoms with Crippen molar-refractivity contribution >= 4 is 23.8 Å². The zero-order chi connectivity index (χ0) is 20.1. The van der Waals surface area contributed by atoms with E-state index in [0.29, 0.717) is 28.6 Å². The molecule has 2 N–H and O–H groups in total. The minimum Gasteiger partial charge on any atom is -0.463 e. The number of carbonyl (C=O) groups excluding carboxylic acids is 2. The first-order chi connectivity index (χ1) is 13.5. The lowest BCUT2D eigenvalue weighted by atomic mass is 10.1. The molecule has 28 heavy (non-hydrogen) atoms. The molecule has 1 aromatic carbocycles. The van der Waals surface area contributed by atoms with Crippen LogP contribution >= 0.6 is 11.8 Å². The van der Waals surface area contributed by atoms with E-state index >= 15 is 0 Å². The molecule has 0 unspecified atom stereocenters. The van der Waals surface area contributed by atoms with Gasteiger partial charge in [-0.1, -0.05) is 42.1 Å². The molecule has 8 nitrogen and oxygen atoms in total. The fraction of sp³-hybridized carbons (Fsp3) is 0.368. The van der Waals surface area contributed by atoms with Gasteiger partial charge in [0.1, 0.15) is 5.82 Å². The van der Waals surface area contributed by atoms with Crippen LogP contribution in [-0.4, -0.2) is 45.2 Å². The number of benzene rings is 1. The molecule has 1 aromatic heterocycles. The number of hydrogen-bond acceptors (Lipinski definition) is 6. The summed E-state index contributed by atoms with van der Waals surface area (Å²) in [5.41, 5.74) is 2.12. The van der Waals surface area contributed by atoms with Crippen molar-refractivity contribution in [2.75, 3.05) is 12.4 Å². The number of amides is 2. The van der Waals surface area contributed by atoms with Crippen LogP contribution in [0.2, 0.25) is 0 Å². The summed E-state index contributed by atoms with van der Waals surface area (Å²) in [7, 11) is 1.91. The van der Waals surface area contributed by atoms with Crippen LogP contribution < -0.4 is 10.6 Å². The molecule has 1 aliphatic heterocycles. The van der Waals surface area contributed by atoms with Gasteiger partial charge in [0, 0.05) is 24.9 Å². The van der Waals surface area contributed by atoms with Gasteiger partial charge < -0.3 is 19.9 Å². The lowest BCUT2D eigenvalue weighted by Crippen LogP contribution is -2.49. The maximum atomic E-state index is 12.3. The van der Waals surface area contributed by atoms with Gasteiger partial charge in [0.05, 0.1) is 18.2 Å². The van der Waals surface area contributed by atoms with Crippen LogP contribution in [0.15, 0.2) is 46.8 Å². The Labute approximate surface area is 167 Å². The van der Waals surface area contributed by atoms with Crippen LogP contribution in [0, 0.1) is 0 Å². The zero-order valence-electron chi connectivity index (χ0n) is 16.1. The van der Waals surface area contributed by atoms with E-state index in [1.807, 2.05) is 41.9 Å². The van der Waals surface area contributed by atoms with Crippen molar-refractivity contribution in [3.63, 3.8) is 0 Å². The third kappa shape index (κ3) is 4.53. The smallest absolute Gasteiger partial charge is 0.337 e. The average Bonchev–Trinajstić information content (AvgIpc) is 3.00. The number of hydrogen-bond donors (Lipinski definition) is 2. The fourth-order valence-corrected chi connectivity index (χ4v) is 3.83. The second-order valence-electron chi connectivity index (χ2n) is 6.34. The molecule has 0 fully saturated rings. The first kappa shape index (κ1) is 19.9. The Morgan fingerprint density at radius 2 is 2.04 bits per heavy atom. The van der Waals surface area contributed by atoms with Crippen molar-refractivity contribution in [2.24, 2.45) is 7.05 Å². The number of esters is 1. The third-order valence-electron chi connectivity index (χ3n) is 4.34. The maximum absolute atomic E-state index is 12.3. The molecule has 1 atom stereocenters. The number of nitrogens with one attached hydrogen (secondary N) is 2. The molecule has 9 heteroatoms. The number of urea groups is 1. The highest BCUT2D eigenvalue weighted by Gasteiger charge is 2.29. The summed E-state index contributed by atoms with van der Waals surface area (Å²) in [6.07, 6.45) is 0.680. The average molecular weight is 401 g/mol. The summed E-state index contributed by atoms with van der Waals surface area (Å²) in [5.74, 6) is 0.792. The van der Waals surface area contributed by atoms with E-state index in [1.165, 1.54) is 11.8 Å². The Bertz CT molecular complexity index is 894. The topological polar surface area (TPSA) is 98.1 Å². The number of nitrogens with zero attached hydrogens (tertiary/aromatic N) is 3. The van der Waals surface area contributed by atoms with E-state index in [1.54, 1.807) is 13.8 Å². The van der Waals surface area contributed by atoms with Crippen LogP contribution in [0.4, 0.5) is 4.79 Å². The molecule has 2 amide bonds. The van der Waals surface area contributed by atoms with Gasteiger partial charge in [0.2, 0.25) is 0 Å². The van der Waals surface area contributed by atoms with Crippen LogP contribution in [0.25, 0.3) is 0 Å². The van der Waals surface area contributed by atoms with Crippen molar-refractivity contribution < 1.29 is 14.3 Å². The van der Waals surface area contributed by atoms with E-state index in [9.17, 15) is 9.59 Å². The van der Waals surface area contributed by atoms with Gasteiger partial charge in [-0.3, -0.25) is 0 Å². The summed E-state index contributed by atoms with van der Waals surface area (Å²) in [4.78, 5) is 24.1. The van der Waals surface area contributed by atoms with Crippen molar-refractivity contribution in [1.29, 1.82) is 0 Å². The standard InChI is InChI=1S/C19H23N5O3S/c1-4-27-17(25)16-12(2)20-18(26)21-14(16)11-28-19-23-22-15(24(19)3)10-13-8-6-5-7-9-13/h5-9,12H,4,10-11H2,1-3H3,(H2,20,21,26)/t12-/m1/s1. The van der Waals surface area contributed by atoms with E-state index in [-0.39, 0.29) is 12.6 Å². The molecule has 0 bridgehead atoms. The molecule has 0 spiro atoms. The summed E-state index contributed by atoms with van der Waals surface area (Å²) in [6.45, 7) is 3.78. The Morgan fingerprint density at radius 3 is 2.75 bits per heavy atom. The van der Waals surface area contributed by atoms with Crippen LogP contribution in [0.3, 0.4) is 0 Å². The summed E-state index contributed by atoms with van der Waals surface area (Å²) < 4.78 is 7.06. The number of ether oxygens (including phenoxy) is 1. The molecule has 1 aliphatic rings. The molecule has 0 aliphatic carbocycles. The lowest BCUT2D eigenvalue weighted by molar-refractivity contribution is -0.138. The SMILES string of the molecule is CCOC(=O)C1=C(CSc2nnc(Cc3ccccc3)n2C)NC(=O)N[C@@H]1C. The van der Waals surface area contributed by atoms with Crippen LogP contribution in [0.5, 0.6) is 0 Å². The molecule has 2 heterocycles. The second kappa shape index (κ2) is 8.92. The van der Waals surface area contributed by atoms with Crippen molar-refractivity contribution in [3.05, 3.63) is 53.0 Å². The molecule has 0 saturated heterocycles. The lowest BCUT2D eigenvalue weighted by Gasteiger charge is -2.26. The van der Waals surface area contributed by atoms with E-state index in [0.717, 1.165) is 11.4 Å². The van der Waals surface area contributed by atoms with Gasteiger partial charge in [-0.2, -0.15) is 0 Å². The molecular formula is C19H23N5O3S. The Morgan fingerprint density at radius 1 is 1.29 bits per heavy atom. The largest absolute Gasteiger partial charge is 0.463 e. The zero-order valence-corrected chi connectivity index (χ0v) is 16.9. The minimum absolute atomic E-state index is 0.273. The van der Waals surface area contributed by atoms with Gasteiger partial charge in [0.15, 0.2) is 5.16 Å². The molecule has 148 valence electrons. The van der Waals surface area contributed by atoms with Gasteiger partial charge in [-0.05, 0) is 19.4 Å². The minimum atomic E-state index is -0.430. The Kier molecular flexibility index (Phi) is 6.35. The van der Waals surface area contributed by atoms with Gasteiger partial charge in [-0.15, -0.1) is 10.2 Å². The second-order valence-corrected chi connectivity index (χ2v) is 7.28. The summed E-state index contributed by atoms with van der Waals surface area (Å²) >= 11 is 1.41. The molecule has 0 radical (unpaired) electrons. The number of aromatic nitrogens is 3. The first-order valence-electron chi connectivity index (χ1n) is 9.02. The van der Waals surface area contributed by atoms with E-state index in [2.05, 4.69) is 20.8 Å². The quantitative estimate of drug-likeness (QED) is 0.544. The van der Waals surface area contributed by atoms with Crippen LogP contribution in [0.1, 0.15) is 25.2 Å². The number of thioether (sulfide) groups is 1. The van der Waals surface area contributed by atoms with Gasteiger partial charge >= 0.3 is 12.0 Å². The highest BCUT2D eigenvalue weighted by Crippen LogP contribution is 2.23. The third-order valence-corrected chi connectivity index (χ3v) is 5.39.